The molecule has 1 amide bonds. The Morgan fingerprint density at radius 3 is 2.77 bits per heavy atom. The van der Waals surface area contributed by atoms with E-state index < -0.39 is 22.9 Å². The number of benzene rings is 2. The van der Waals surface area contributed by atoms with Gasteiger partial charge in [0.05, 0.1) is 10.6 Å². The molecule has 0 bridgehead atoms. The van der Waals surface area contributed by atoms with Crippen molar-refractivity contribution in [2.75, 3.05) is 5.32 Å². The number of non-ortho nitro benzene ring substituents is 1. The Labute approximate surface area is 179 Å². The molecule has 0 aliphatic heterocycles. The molecule has 156 valence electrons. The van der Waals surface area contributed by atoms with Crippen LogP contribution in [0, 0.1) is 10.1 Å². The van der Waals surface area contributed by atoms with Crippen molar-refractivity contribution in [3.05, 3.63) is 75.9 Å². The standard InChI is InChI=1S/C21H15N3O6S/c1-12(29-20(26)18-10-14-5-2-3-8-17(14)30-18)19(25)23-21-22-16(11-31-21)13-6-4-7-15(9-13)24(27)28/h2-12H,1H3,(H,22,23,25)/t12-/m1/s1. The zero-order valence-electron chi connectivity index (χ0n) is 16.1. The summed E-state index contributed by atoms with van der Waals surface area (Å²) in [6.07, 6.45) is -1.09. The van der Waals surface area contributed by atoms with E-state index in [1.165, 1.54) is 19.1 Å². The van der Waals surface area contributed by atoms with Gasteiger partial charge in [-0.2, -0.15) is 0 Å². The molecule has 10 heteroatoms. The second-order valence-corrected chi connectivity index (χ2v) is 7.39. The van der Waals surface area contributed by atoms with E-state index in [1.807, 2.05) is 6.07 Å². The van der Waals surface area contributed by atoms with Crippen molar-refractivity contribution >= 4 is 45.0 Å². The Hall–Kier alpha value is -4.05. The maximum atomic E-state index is 12.4. The molecule has 0 saturated carbocycles. The first kappa shape index (κ1) is 20.2. The molecule has 4 aromatic rings. The number of para-hydroxylation sites is 1. The van der Waals surface area contributed by atoms with Gasteiger partial charge in [0.25, 0.3) is 11.6 Å². The predicted octanol–water partition coefficient (Wildman–Crippen LogP) is 4.65. The van der Waals surface area contributed by atoms with Gasteiger partial charge < -0.3 is 9.15 Å². The molecule has 0 aliphatic carbocycles. The number of rotatable bonds is 6. The van der Waals surface area contributed by atoms with Gasteiger partial charge in [-0.05, 0) is 19.1 Å². The number of nitro benzene ring substituents is 1. The number of carbonyl (C=O) groups is 2. The molecule has 0 aliphatic rings. The molecular weight excluding hydrogens is 422 g/mol. The van der Waals surface area contributed by atoms with E-state index in [0.717, 1.165) is 16.7 Å². The smallest absolute Gasteiger partial charge is 0.375 e. The number of esters is 1. The Kier molecular flexibility index (Phi) is 5.46. The highest BCUT2D eigenvalue weighted by atomic mass is 32.1. The van der Waals surface area contributed by atoms with E-state index in [0.29, 0.717) is 16.8 Å². The number of carbonyl (C=O) groups excluding carboxylic acids is 2. The van der Waals surface area contributed by atoms with Gasteiger partial charge in [-0.3, -0.25) is 20.2 Å². The van der Waals surface area contributed by atoms with Crippen molar-refractivity contribution in [1.29, 1.82) is 0 Å². The number of nitro groups is 1. The van der Waals surface area contributed by atoms with Crippen molar-refractivity contribution < 1.29 is 23.7 Å². The number of thiazole rings is 1. The van der Waals surface area contributed by atoms with Crippen LogP contribution < -0.4 is 5.32 Å². The van der Waals surface area contributed by atoms with Gasteiger partial charge in [-0.25, -0.2) is 9.78 Å². The maximum absolute atomic E-state index is 12.4. The van der Waals surface area contributed by atoms with Gasteiger partial charge in [-0.1, -0.05) is 30.3 Å². The van der Waals surface area contributed by atoms with Crippen LogP contribution in [-0.4, -0.2) is 27.9 Å². The molecule has 0 radical (unpaired) electrons. The molecule has 9 nitrogen and oxygen atoms in total. The summed E-state index contributed by atoms with van der Waals surface area (Å²) >= 11 is 1.15. The molecule has 0 saturated heterocycles. The minimum atomic E-state index is -1.09. The Balaban J connectivity index is 1.40. The Morgan fingerprint density at radius 1 is 1.19 bits per heavy atom. The van der Waals surface area contributed by atoms with Crippen LogP contribution in [0.2, 0.25) is 0 Å². The molecular formula is C21H15N3O6S. The Morgan fingerprint density at radius 2 is 2.00 bits per heavy atom. The van der Waals surface area contributed by atoms with Crippen LogP contribution in [0.5, 0.6) is 0 Å². The molecule has 1 N–H and O–H groups in total. The number of furan rings is 1. The summed E-state index contributed by atoms with van der Waals surface area (Å²) in [4.78, 5) is 39.4. The van der Waals surface area contributed by atoms with Crippen LogP contribution in [0.3, 0.4) is 0 Å². The second-order valence-electron chi connectivity index (χ2n) is 6.53. The fourth-order valence-electron chi connectivity index (χ4n) is 2.80. The molecule has 1 atom stereocenters. The third-order valence-corrected chi connectivity index (χ3v) is 5.12. The molecule has 4 rings (SSSR count). The zero-order valence-corrected chi connectivity index (χ0v) is 16.9. The molecule has 0 unspecified atom stereocenters. The number of anilines is 1. The third-order valence-electron chi connectivity index (χ3n) is 4.37. The van der Waals surface area contributed by atoms with Gasteiger partial charge in [0, 0.05) is 28.5 Å². The zero-order chi connectivity index (χ0) is 22.0. The molecule has 2 heterocycles. The lowest BCUT2D eigenvalue weighted by molar-refractivity contribution is -0.384. The van der Waals surface area contributed by atoms with E-state index >= 15 is 0 Å². The van der Waals surface area contributed by atoms with Crippen LogP contribution in [0.4, 0.5) is 10.8 Å². The number of hydrogen-bond donors (Lipinski definition) is 1. The summed E-state index contributed by atoms with van der Waals surface area (Å²) in [5.41, 5.74) is 1.52. The second kappa shape index (κ2) is 8.36. The summed E-state index contributed by atoms with van der Waals surface area (Å²) in [6.45, 7) is 1.44. The monoisotopic (exact) mass is 437 g/mol. The lowest BCUT2D eigenvalue weighted by atomic mass is 10.1. The average molecular weight is 437 g/mol. The van der Waals surface area contributed by atoms with Crippen LogP contribution in [0.1, 0.15) is 17.5 Å². The van der Waals surface area contributed by atoms with Crippen molar-refractivity contribution in [3.63, 3.8) is 0 Å². The first-order valence-corrected chi connectivity index (χ1v) is 9.99. The van der Waals surface area contributed by atoms with Gasteiger partial charge in [0.2, 0.25) is 5.76 Å². The predicted molar refractivity (Wildman–Crippen MR) is 114 cm³/mol. The van der Waals surface area contributed by atoms with Gasteiger partial charge >= 0.3 is 5.97 Å². The third kappa shape index (κ3) is 4.43. The maximum Gasteiger partial charge on any atom is 0.375 e. The number of nitrogens with zero attached hydrogens (tertiary/aromatic N) is 2. The number of hydrogen-bond acceptors (Lipinski definition) is 8. The van der Waals surface area contributed by atoms with Gasteiger partial charge in [0.1, 0.15) is 5.58 Å². The Bertz CT molecular complexity index is 1260. The number of amides is 1. The number of ether oxygens (including phenoxy) is 1. The fourth-order valence-corrected chi connectivity index (χ4v) is 3.53. The van der Waals surface area contributed by atoms with Crippen LogP contribution in [0.25, 0.3) is 22.2 Å². The quantitative estimate of drug-likeness (QED) is 0.264. The number of aromatic nitrogens is 1. The summed E-state index contributed by atoms with van der Waals surface area (Å²) < 4.78 is 10.6. The molecule has 0 spiro atoms. The normalized spacial score (nSPS) is 11.8. The van der Waals surface area contributed by atoms with Crippen molar-refractivity contribution in [3.8, 4) is 11.3 Å². The number of fused-ring (bicyclic) bond motifs is 1. The van der Waals surface area contributed by atoms with E-state index in [-0.39, 0.29) is 16.6 Å². The van der Waals surface area contributed by atoms with E-state index in [1.54, 1.807) is 41.8 Å². The highest BCUT2D eigenvalue weighted by molar-refractivity contribution is 7.14. The average Bonchev–Trinajstić information content (AvgIpc) is 3.40. The molecule has 2 aromatic heterocycles. The number of nitrogens with one attached hydrogen (secondary N) is 1. The van der Waals surface area contributed by atoms with E-state index in [2.05, 4.69) is 10.3 Å². The van der Waals surface area contributed by atoms with Crippen LogP contribution >= 0.6 is 11.3 Å². The van der Waals surface area contributed by atoms with Crippen LogP contribution in [-0.2, 0) is 9.53 Å². The SMILES string of the molecule is C[C@@H](OC(=O)c1cc2ccccc2o1)C(=O)Nc1nc(-c2cccc([N+](=O)[O-])c2)cs1. The van der Waals surface area contributed by atoms with Crippen molar-refractivity contribution in [1.82, 2.24) is 4.98 Å². The van der Waals surface area contributed by atoms with E-state index in [9.17, 15) is 19.7 Å². The minimum Gasteiger partial charge on any atom is -0.449 e. The van der Waals surface area contributed by atoms with Gasteiger partial charge in [-0.15, -0.1) is 11.3 Å². The molecule has 0 fully saturated rings. The molecule has 31 heavy (non-hydrogen) atoms. The topological polar surface area (TPSA) is 125 Å². The summed E-state index contributed by atoms with van der Waals surface area (Å²) in [5, 5.41) is 16.2. The lowest BCUT2D eigenvalue weighted by Crippen LogP contribution is -2.29. The largest absolute Gasteiger partial charge is 0.449 e. The summed E-state index contributed by atoms with van der Waals surface area (Å²) in [6, 6.07) is 14.7. The van der Waals surface area contributed by atoms with E-state index in [4.69, 9.17) is 9.15 Å². The fraction of sp³-hybridized carbons (Fsp3) is 0.0952. The summed E-state index contributed by atoms with van der Waals surface area (Å²) in [5.74, 6) is -1.32. The van der Waals surface area contributed by atoms with Gasteiger partial charge in [0.15, 0.2) is 11.2 Å². The van der Waals surface area contributed by atoms with Crippen molar-refractivity contribution in [2.45, 2.75) is 13.0 Å². The lowest BCUT2D eigenvalue weighted by Gasteiger charge is -2.11. The minimum absolute atomic E-state index is 0.00283. The molecule has 2 aromatic carbocycles. The van der Waals surface area contributed by atoms with Crippen molar-refractivity contribution in [2.24, 2.45) is 0 Å². The first-order chi connectivity index (χ1) is 14.9. The highest BCUT2D eigenvalue weighted by Crippen LogP contribution is 2.27. The summed E-state index contributed by atoms with van der Waals surface area (Å²) in [7, 11) is 0. The highest BCUT2D eigenvalue weighted by Gasteiger charge is 2.22. The first-order valence-electron chi connectivity index (χ1n) is 9.11. The van der Waals surface area contributed by atoms with Crippen LogP contribution in [0.15, 0.2) is 64.4 Å².